The molecule has 1 atom stereocenters. The maximum atomic E-state index is 9.09. The van der Waals surface area contributed by atoms with E-state index in [9.17, 15) is 0 Å². The fourth-order valence-electron chi connectivity index (χ4n) is 0.928. The van der Waals surface area contributed by atoms with Crippen molar-refractivity contribution in [3.63, 3.8) is 0 Å². The summed E-state index contributed by atoms with van der Waals surface area (Å²) in [4.78, 5) is 0. The number of aliphatic hydroxyl groups is 2. The Kier molecular flexibility index (Phi) is 3.01. The van der Waals surface area contributed by atoms with Crippen LogP contribution >= 0.6 is 0 Å². The standard InChI is InChI=1S/C8H13N2O2/c1-2-9-3-4-10(7-9)5-8(12)6-11/h2-4,7-8,11-12H,1,5-6H2/q+1. The van der Waals surface area contributed by atoms with Crippen LogP contribution < -0.4 is 4.57 Å². The van der Waals surface area contributed by atoms with Gasteiger partial charge in [-0.2, -0.15) is 0 Å². The molecular formula is C8H13N2O2+. The molecule has 0 spiro atoms. The van der Waals surface area contributed by atoms with Gasteiger partial charge in [-0.3, -0.25) is 0 Å². The Balaban J connectivity index is 2.57. The second-order valence-corrected chi connectivity index (χ2v) is 2.58. The fraction of sp³-hybridized carbons (Fsp3) is 0.375. The Morgan fingerprint density at radius 1 is 1.67 bits per heavy atom. The predicted octanol–water partition coefficient (Wildman–Crippen LogP) is -0.771. The Hall–Kier alpha value is -1.13. The highest BCUT2D eigenvalue weighted by atomic mass is 16.3. The van der Waals surface area contributed by atoms with Crippen molar-refractivity contribution in [2.75, 3.05) is 6.61 Å². The van der Waals surface area contributed by atoms with Crippen LogP contribution in [0.3, 0.4) is 0 Å². The van der Waals surface area contributed by atoms with E-state index in [4.69, 9.17) is 10.2 Å². The maximum absolute atomic E-state index is 9.09. The Morgan fingerprint density at radius 3 is 2.92 bits per heavy atom. The van der Waals surface area contributed by atoms with Crippen LogP contribution in [-0.4, -0.2) is 27.5 Å². The summed E-state index contributed by atoms with van der Waals surface area (Å²) in [6, 6.07) is 0. The minimum Gasteiger partial charge on any atom is -0.394 e. The van der Waals surface area contributed by atoms with Crippen molar-refractivity contribution < 1.29 is 14.8 Å². The summed E-state index contributed by atoms with van der Waals surface area (Å²) in [5.41, 5.74) is 0. The van der Waals surface area contributed by atoms with Crippen molar-refractivity contribution in [3.05, 3.63) is 25.3 Å². The highest BCUT2D eigenvalue weighted by Crippen LogP contribution is 1.85. The molecule has 0 aliphatic rings. The molecule has 0 bridgehead atoms. The van der Waals surface area contributed by atoms with Gasteiger partial charge in [-0.15, -0.1) is 0 Å². The Bertz CT molecular complexity index is 257. The van der Waals surface area contributed by atoms with Crippen molar-refractivity contribution in [1.82, 2.24) is 4.57 Å². The van der Waals surface area contributed by atoms with Crippen LogP contribution in [0.1, 0.15) is 0 Å². The van der Waals surface area contributed by atoms with Gasteiger partial charge in [-0.25, -0.2) is 9.13 Å². The molecule has 2 N–H and O–H groups in total. The maximum Gasteiger partial charge on any atom is 0.248 e. The Labute approximate surface area is 71.0 Å². The number of aromatic nitrogens is 2. The second kappa shape index (κ2) is 4.04. The van der Waals surface area contributed by atoms with E-state index in [0.29, 0.717) is 6.54 Å². The van der Waals surface area contributed by atoms with Gasteiger partial charge < -0.3 is 10.2 Å². The molecule has 1 heterocycles. The number of hydrogen-bond acceptors (Lipinski definition) is 2. The molecule has 4 heteroatoms. The van der Waals surface area contributed by atoms with E-state index >= 15 is 0 Å². The van der Waals surface area contributed by atoms with Crippen molar-refractivity contribution in [3.8, 4) is 0 Å². The lowest BCUT2D eigenvalue weighted by Crippen LogP contribution is -2.39. The molecule has 1 aromatic heterocycles. The van der Waals surface area contributed by atoms with Gasteiger partial charge in [0.25, 0.3) is 0 Å². The van der Waals surface area contributed by atoms with Gasteiger partial charge in [0.1, 0.15) is 25.0 Å². The van der Waals surface area contributed by atoms with E-state index in [0.717, 1.165) is 0 Å². The number of hydrogen-bond donors (Lipinski definition) is 2. The largest absolute Gasteiger partial charge is 0.394 e. The average Bonchev–Trinajstić information content (AvgIpc) is 2.52. The van der Waals surface area contributed by atoms with Crippen LogP contribution in [0.4, 0.5) is 0 Å². The predicted molar refractivity (Wildman–Crippen MR) is 44.1 cm³/mol. The van der Waals surface area contributed by atoms with E-state index in [1.165, 1.54) is 0 Å². The van der Waals surface area contributed by atoms with Gasteiger partial charge in [0.2, 0.25) is 6.33 Å². The number of aliphatic hydroxyl groups excluding tert-OH is 2. The van der Waals surface area contributed by atoms with Gasteiger partial charge in [0.15, 0.2) is 0 Å². The summed E-state index contributed by atoms with van der Waals surface area (Å²) >= 11 is 0. The minimum absolute atomic E-state index is 0.216. The lowest BCUT2D eigenvalue weighted by Gasteiger charge is -2.01. The van der Waals surface area contributed by atoms with Crippen molar-refractivity contribution in [2.24, 2.45) is 0 Å². The molecule has 0 fully saturated rings. The van der Waals surface area contributed by atoms with Crippen LogP contribution in [0.15, 0.2) is 25.3 Å². The zero-order valence-electron chi connectivity index (χ0n) is 6.80. The summed E-state index contributed by atoms with van der Waals surface area (Å²) in [5.74, 6) is 0. The second-order valence-electron chi connectivity index (χ2n) is 2.58. The van der Waals surface area contributed by atoms with Gasteiger partial charge in [-0.05, 0) is 0 Å². The van der Waals surface area contributed by atoms with Crippen LogP contribution in [0.2, 0.25) is 0 Å². The third-order valence-electron chi connectivity index (χ3n) is 1.56. The minimum atomic E-state index is -0.698. The molecule has 0 saturated heterocycles. The normalized spacial score (nSPS) is 12.8. The molecule has 1 rings (SSSR count). The molecule has 12 heavy (non-hydrogen) atoms. The van der Waals surface area contributed by atoms with Crippen LogP contribution in [0.5, 0.6) is 0 Å². The number of imidazole rings is 1. The van der Waals surface area contributed by atoms with Crippen LogP contribution in [0.25, 0.3) is 6.20 Å². The first-order valence-corrected chi connectivity index (χ1v) is 3.74. The summed E-state index contributed by atoms with van der Waals surface area (Å²) in [7, 11) is 0. The van der Waals surface area contributed by atoms with Crippen molar-refractivity contribution in [2.45, 2.75) is 12.6 Å². The molecule has 1 unspecified atom stereocenters. The van der Waals surface area contributed by atoms with Crippen molar-refractivity contribution in [1.29, 1.82) is 0 Å². The average molecular weight is 169 g/mol. The molecule has 4 nitrogen and oxygen atoms in total. The first-order chi connectivity index (χ1) is 5.76. The molecule has 0 saturated carbocycles. The lowest BCUT2D eigenvalue weighted by molar-refractivity contribution is -0.703. The van der Waals surface area contributed by atoms with Gasteiger partial charge in [0, 0.05) is 0 Å². The molecule has 0 aromatic carbocycles. The van der Waals surface area contributed by atoms with Gasteiger partial charge >= 0.3 is 0 Å². The van der Waals surface area contributed by atoms with E-state index in [2.05, 4.69) is 6.58 Å². The molecule has 66 valence electrons. The van der Waals surface area contributed by atoms with Gasteiger partial charge in [-0.1, -0.05) is 6.58 Å². The number of rotatable bonds is 4. The highest BCUT2D eigenvalue weighted by molar-refractivity contribution is 5.12. The topological polar surface area (TPSA) is 49.3 Å². The summed E-state index contributed by atoms with van der Waals surface area (Å²) in [5, 5.41) is 17.7. The summed E-state index contributed by atoms with van der Waals surface area (Å²) in [6.45, 7) is 3.77. The van der Waals surface area contributed by atoms with E-state index in [1.807, 2.05) is 6.20 Å². The third kappa shape index (κ3) is 2.18. The fourth-order valence-corrected chi connectivity index (χ4v) is 0.928. The first-order valence-electron chi connectivity index (χ1n) is 3.74. The number of nitrogens with zero attached hydrogens (tertiary/aromatic N) is 2. The van der Waals surface area contributed by atoms with Gasteiger partial charge in [0.05, 0.1) is 12.8 Å². The first kappa shape index (κ1) is 8.96. The zero-order valence-corrected chi connectivity index (χ0v) is 6.80. The smallest absolute Gasteiger partial charge is 0.248 e. The summed E-state index contributed by atoms with van der Waals surface area (Å²) in [6.07, 6.45) is 6.36. The molecular weight excluding hydrogens is 156 g/mol. The lowest BCUT2D eigenvalue weighted by atomic mass is 10.4. The quantitative estimate of drug-likeness (QED) is 0.581. The molecule has 1 aromatic rings. The van der Waals surface area contributed by atoms with E-state index in [1.54, 1.807) is 27.9 Å². The Morgan fingerprint density at radius 2 is 2.42 bits per heavy atom. The van der Waals surface area contributed by atoms with E-state index < -0.39 is 6.10 Å². The highest BCUT2D eigenvalue weighted by Gasteiger charge is 2.07. The molecule has 0 aliphatic heterocycles. The van der Waals surface area contributed by atoms with Crippen molar-refractivity contribution >= 4 is 6.20 Å². The zero-order chi connectivity index (χ0) is 8.97. The van der Waals surface area contributed by atoms with Crippen LogP contribution in [0, 0.1) is 0 Å². The summed E-state index contributed by atoms with van der Waals surface area (Å²) < 4.78 is 3.55. The van der Waals surface area contributed by atoms with Crippen LogP contribution in [-0.2, 0) is 6.54 Å². The third-order valence-corrected chi connectivity index (χ3v) is 1.56. The SMILES string of the molecule is C=Cn1cc[n+](CC(O)CO)c1. The molecule has 0 aliphatic carbocycles. The van der Waals surface area contributed by atoms with E-state index in [-0.39, 0.29) is 6.61 Å². The molecule has 0 amide bonds. The molecule has 0 radical (unpaired) electrons. The monoisotopic (exact) mass is 169 g/mol.